The van der Waals surface area contributed by atoms with E-state index in [4.69, 9.17) is 10.5 Å². The Morgan fingerprint density at radius 3 is 2.83 bits per heavy atom. The van der Waals surface area contributed by atoms with Gasteiger partial charge in [-0.15, -0.1) is 0 Å². The van der Waals surface area contributed by atoms with Gasteiger partial charge in [0.1, 0.15) is 0 Å². The highest BCUT2D eigenvalue weighted by molar-refractivity contribution is 5.81. The number of rotatable bonds is 6. The lowest BCUT2D eigenvalue weighted by Gasteiger charge is -2.41. The fourth-order valence-electron chi connectivity index (χ4n) is 2.60. The smallest absolute Gasteiger partial charge is 0.237 e. The SMILES string of the molecule is COCCNC(=O)C(C)N1CCCCC1C(C)N. The van der Waals surface area contributed by atoms with Crippen LogP contribution in [-0.4, -0.2) is 55.7 Å². The molecule has 0 bridgehead atoms. The Bertz CT molecular complexity index is 259. The second-order valence-electron chi connectivity index (χ2n) is 5.12. The van der Waals surface area contributed by atoms with Gasteiger partial charge in [-0.25, -0.2) is 0 Å². The number of hydrogen-bond donors (Lipinski definition) is 2. The third-order valence-electron chi connectivity index (χ3n) is 3.68. The van der Waals surface area contributed by atoms with Crippen molar-refractivity contribution in [2.75, 3.05) is 26.8 Å². The second-order valence-corrected chi connectivity index (χ2v) is 5.12. The van der Waals surface area contributed by atoms with E-state index in [-0.39, 0.29) is 18.0 Å². The number of hydrogen-bond acceptors (Lipinski definition) is 4. The van der Waals surface area contributed by atoms with Crippen molar-refractivity contribution in [1.82, 2.24) is 10.2 Å². The van der Waals surface area contributed by atoms with E-state index >= 15 is 0 Å². The molecule has 1 aliphatic rings. The summed E-state index contributed by atoms with van der Waals surface area (Å²) in [4.78, 5) is 14.3. The number of piperidine rings is 1. The van der Waals surface area contributed by atoms with Gasteiger partial charge in [0, 0.05) is 25.7 Å². The van der Waals surface area contributed by atoms with Gasteiger partial charge in [-0.2, -0.15) is 0 Å². The number of nitrogens with zero attached hydrogens (tertiary/aromatic N) is 1. The van der Waals surface area contributed by atoms with E-state index in [0.717, 1.165) is 19.4 Å². The standard InChI is InChI=1S/C13H27N3O2/c1-10(14)12-6-4-5-8-16(12)11(2)13(17)15-7-9-18-3/h10-12H,4-9,14H2,1-3H3,(H,15,17). The molecule has 1 fully saturated rings. The molecule has 3 atom stereocenters. The first-order chi connectivity index (χ1) is 8.57. The minimum absolute atomic E-state index is 0.0691. The van der Waals surface area contributed by atoms with Crippen molar-refractivity contribution in [2.24, 2.45) is 5.73 Å². The summed E-state index contributed by atoms with van der Waals surface area (Å²) in [5.41, 5.74) is 6.02. The average Bonchev–Trinajstić information content (AvgIpc) is 2.38. The summed E-state index contributed by atoms with van der Waals surface area (Å²) in [5, 5.41) is 2.89. The van der Waals surface area contributed by atoms with Crippen molar-refractivity contribution in [1.29, 1.82) is 0 Å². The second kappa shape index (κ2) is 7.71. The van der Waals surface area contributed by atoms with Crippen LogP contribution in [0.2, 0.25) is 0 Å². The molecule has 3 unspecified atom stereocenters. The Labute approximate surface area is 110 Å². The van der Waals surface area contributed by atoms with Gasteiger partial charge in [-0.1, -0.05) is 6.42 Å². The zero-order valence-corrected chi connectivity index (χ0v) is 11.8. The molecule has 0 aromatic heterocycles. The zero-order chi connectivity index (χ0) is 13.5. The maximum absolute atomic E-state index is 12.0. The van der Waals surface area contributed by atoms with Crippen molar-refractivity contribution in [3.05, 3.63) is 0 Å². The highest BCUT2D eigenvalue weighted by Gasteiger charge is 2.31. The molecule has 0 saturated carbocycles. The number of amides is 1. The van der Waals surface area contributed by atoms with Gasteiger partial charge >= 0.3 is 0 Å². The summed E-state index contributed by atoms with van der Waals surface area (Å²) < 4.78 is 4.93. The van der Waals surface area contributed by atoms with Crippen LogP contribution in [0.5, 0.6) is 0 Å². The highest BCUT2D eigenvalue weighted by atomic mass is 16.5. The van der Waals surface area contributed by atoms with E-state index in [2.05, 4.69) is 10.2 Å². The molecule has 5 nitrogen and oxygen atoms in total. The zero-order valence-electron chi connectivity index (χ0n) is 11.8. The largest absolute Gasteiger partial charge is 0.383 e. The molecule has 0 spiro atoms. The first kappa shape index (κ1) is 15.4. The van der Waals surface area contributed by atoms with Crippen molar-refractivity contribution >= 4 is 5.91 Å². The maximum Gasteiger partial charge on any atom is 0.237 e. The number of nitrogens with two attached hydrogens (primary N) is 1. The van der Waals surface area contributed by atoms with Crippen LogP contribution >= 0.6 is 0 Å². The Morgan fingerprint density at radius 2 is 2.22 bits per heavy atom. The molecule has 0 radical (unpaired) electrons. The van der Waals surface area contributed by atoms with Crippen LogP contribution in [0, 0.1) is 0 Å². The highest BCUT2D eigenvalue weighted by Crippen LogP contribution is 2.21. The summed E-state index contributed by atoms with van der Waals surface area (Å²) in [7, 11) is 1.63. The van der Waals surface area contributed by atoms with Crippen LogP contribution in [0.4, 0.5) is 0 Å². The summed E-state index contributed by atoms with van der Waals surface area (Å²) in [6.07, 6.45) is 3.45. The molecule has 1 heterocycles. The fraction of sp³-hybridized carbons (Fsp3) is 0.923. The van der Waals surface area contributed by atoms with Gasteiger partial charge < -0.3 is 15.8 Å². The van der Waals surface area contributed by atoms with Crippen molar-refractivity contribution in [3.8, 4) is 0 Å². The molecular formula is C13H27N3O2. The molecule has 0 aromatic rings. The van der Waals surface area contributed by atoms with E-state index in [1.807, 2.05) is 13.8 Å². The van der Waals surface area contributed by atoms with Crippen LogP contribution in [0.3, 0.4) is 0 Å². The number of ether oxygens (including phenoxy) is 1. The van der Waals surface area contributed by atoms with Gasteiger partial charge in [-0.3, -0.25) is 9.69 Å². The van der Waals surface area contributed by atoms with Crippen LogP contribution in [0.1, 0.15) is 33.1 Å². The first-order valence-electron chi connectivity index (χ1n) is 6.86. The van der Waals surface area contributed by atoms with Gasteiger partial charge in [0.15, 0.2) is 0 Å². The third-order valence-corrected chi connectivity index (χ3v) is 3.68. The molecule has 0 aliphatic carbocycles. The lowest BCUT2D eigenvalue weighted by molar-refractivity contribution is -0.127. The van der Waals surface area contributed by atoms with Gasteiger partial charge in [0.25, 0.3) is 0 Å². The van der Waals surface area contributed by atoms with E-state index < -0.39 is 0 Å². The number of nitrogens with one attached hydrogen (secondary N) is 1. The molecular weight excluding hydrogens is 230 g/mol. The summed E-state index contributed by atoms with van der Waals surface area (Å²) in [6, 6.07) is 0.319. The summed E-state index contributed by atoms with van der Waals surface area (Å²) >= 11 is 0. The lowest BCUT2D eigenvalue weighted by atomic mass is 9.95. The van der Waals surface area contributed by atoms with Crippen molar-refractivity contribution < 1.29 is 9.53 Å². The Morgan fingerprint density at radius 1 is 1.50 bits per heavy atom. The maximum atomic E-state index is 12.0. The monoisotopic (exact) mass is 257 g/mol. The quantitative estimate of drug-likeness (QED) is 0.673. The molecule has 1 amide bonds. The first-order valence-corrected chi connectivity index (χ1v) is 6.86. The number of methoxy groups -OCH3 is 1. The van der Waals surface area contributed by atoms with Gasteiger partial charge in [-0.05, 0) is 33.2 Å². The number of carbonyl (C=O) groups excluding carboxylic acids is 1. The van der Waals surface area contributed by atoms with Crippen molar-refractivity contribution in [3.63, 3.8) is 0 Å². The molecule has 5 heteroatoms. The molecule has 1 saturated heterocycles. The lowest BCUT2D eigenvalue weighted by Crippen LogP contribution is -2.56. The van der Waals surface area contributed by atoms with E-state index in [1.165, 1.54) is 6.42 Å². The average molecular weight is 257 g/mol. The predicted molar refractivity (Wildman–Crippen MR) is 72.3 cm³/mol. The topological polar surface area (TPSA) is 67.6 Å². The van der Waals surface area contributed by atoms with Crippen LogP contribution < -0.4 is 11.1 Å². The Kier molecular flexibility index (Phi) is 6.60. The fourth-order valence-corrected chi connectivity index (χ4v) is 2.60. The van der Waals surface area contributed by atoms with Crippen LogP contribution in [0.15, 0.2) is 0 Å². The van der Waals surface area contributed by atoms with Crippen LogP contribution in [0.25, 0.3) is 0 Å². The summed E-state index contributed by atoms with van der Waals surface area (Å²) in [5.74, 6) is 0.0691. The molecule has 18 heavy (non-hydrogen) atoms. The minimum atomic E-state index is -0.113. The van der Waals surface area contributed by atoms with Crippen molar-refractivity contribution in [2.45, 2.75) is 51.2 Å². The van der Waals surface area contributed by atoms with Crippen LogP contribution in [-0.2, 0) is 9.53 Å². The molecule has 106 valence electrons. The normalized spacial score (nSPS) is 24.6. The van der Waals surface area contributed by atoms with Gasteiger partial charge in [0.2, 0.25) is 5.91 Å². The Balaban J connectivity index is 2.51. The molecule has 3 N–H and O–H groups in total. The minimum Gasteiger partial charge on any atom is -0.383 e. The van der Waals surface area contributed by atoms with E-state index in [1.54, 1.807) is 7.11 Å². The predicted octanol–water partition coefficient (Wildman–Crippen LogP) is 0.339. The number of carbonyl (C=O) groups is 1. The Hall–Kier alpha value is -0.650. The summed E-state index contributed by atoms with van der Waals surface area (Å²) in [6.45, 7) is 6.07. The molecule has 1 aliphatic heterocycles. The van der Waals surface area contributed by atoms with E-state index in [9.17, 15) is 4.79 Å². The number of likely N-dealkylation sites (tertiary alicyclic amines) is 1. The molecule has 1 rings (SSSR count). The molecule has 0 aromatic carbocycles. The third kappa shape index (κ3) is 4.23. The van der Waals surface area contributed by atoms with Gasteiger partial charge in [0.05, 0.1) is 12.6 Å². The van der Waals surface area contributed by atoms with E-state index in [0.29, 0.717) is 19.2 Å².